The molecule has 2 atom stereocenters. The first-order valence-electron chi connectivity index (χ1n) is 8.02. The topological polar surface area (TPSA) is 38.5 Å². The molecule has 1 aliphatic heterocycles. The highest BCUT2D eigenvalue weighted by molar-refractivity contribution is 5.30. The maximum absolute atomic E-state index is 6.04. The Kier molecular flexibility index (Phi) is 4.27. The van der Waals surface area contributed by atoms with Crippen molar-refractivity contribution in [3.63, 3.8) is 0 Å². The van der Waals surface area contributed by atoms with Gasteiger partial charge in [0.1, 0.15) is 5.75 Å². The summed E-state index contributed by atoms with van der Waals surface area (Å²) in [6.07, 6.45) is 5.29. The minimum atomic E-state index is 0.511. The Morgan fingerprint density at radius 1 is 1.20 bits per heavy atom. The molecule has 1 saturated heterocycles. The standard InChI is InChI=1S/C17H26N2O/c1-2-20-16-9-5-13(6-10-16)17-14(12-18)4-3-11-19(17)15-7-8-15/h5-6,9-10,14-15,17H,2-4,7-8,11-12,18H2,1H3. The number of hydrogen-bond acceptors (Lipinski definition) is 3. The van der Waals surface area contributed by atoms with E-state index in [2.05, 4.69) is 29.2 Å². The summed E-state index contributed by atoms with van der Waals surface area (Å²) >= 11 is 0. The summed E-state index contributed by atoms with van der Waals surface area (Å²) in [4.78, 5) is 2.71. The number of likely N-dealkylation sites (tertiary alicyclic amines) is 1. The van der Waals surface area contributed by atoms with Crippen molar-refractivity contribution in [2.24, 2.45) is 11.7 Å². The van der Waals surface area contributed by atoms with Crippen molar-refractivity contribution in [3.8, 4) is 5.75 Å². The lowest BCUT2D eigenvalue weighted by atomic mass is 9.84. The molecule has 1 aromatic carbocycles. The van der Waals surface area contributed by atoms with Gasteiger partial charge in [-0.3, -0.25) is 4.90 Å². The predicted molar refractivity (Wildman–Crippen MR) is 81.9 cm³/mol. The van der Waals surface area contributed by atoms with E-state index >= 15 is 0 Å². The van der Waals surface area contributed by atoms with E-state index in [4.69, 9.17) is 10.5 Å². The van der Waals surface area contributed by atoms with Gasteiger partial charge in [-0.1, -0.05) is 12.1 Å². The Morgan fingerprint density at radius 2 is 1.95 bits per heavy atom. The highest BCUT2D eigenvalue weighted by Crippen LogP contribution is 2.42. The molecule has 0 aromatic heterocycles. The van der Waals surface area contributed by atoms with Gasteiger partial charge in [0.25, 0.3) is 0 Å². The number of piperidine rings is 1. The lowest BCUT2D eigenvalue weighted by Gasteiger charge is -2.41. The van der Waals surface area contributed by atoms with Gasteiger partial charge in [0.05, 0.1) is 6.61 Å². The van der Waals surface area contributed by atoms with E-state index in [0.717, 1.165) is 24.9 Å². The number of nitrogens with two attached hydrogens (primary N) is 1. The van der Waals surface area contributed by atoms with Crippen molar-refractivity contribution in [1.82, 2.24) is 4.90 Å². The van der Waals surface area contributed by atoms with Crippen molar-refractivity contribution in [1.29, 1.82) is 0 Å². The molecule has 3 rings (SSSR count). The average Bonchev–Trinajstić information content (AvgIpc) is 3.32. The van der Waals surface area contributed by atoms with Crippen LogP contribution in [0.3, 0.4) is 0 Å². The van der Waals surface area contributed by atoms with Gasteiger partial charge >= 0.3 is 0 Å². The van der Waals surface area contributed by atoms with Crippen LogP contribution in [0.1, 0.15) is 44.2 Å². The molecule has 2 N–H and O–H groups in total. The van der Waals surface area contributed by atoms with Crippen LogP contribution in [0.15, 0.2) is 24.3 Å². The summed E-state index contributed by atoms with van der Waals surface area (Å²) in [5.74, 6) is 1.57. The summed E-state index contributed by atoms with van der Waals surface area (Å²) < 4.78 is 5.55. The molecule has 0 bridgehead atoms. The zero-order valence-electron chi connectivity index (χ0n) is 12.4. The van der Waals surface area contributed by atoms with Crippen molar-refractivity contribution in [2.45, 2.75) is 44.7 Å². The van der Waals surface area contributed by atoms with Crippen molar-refractivity contribution >= 4 is 0 Å². The van der Waals surface area contributed by atoms with Crippen LogP contribution in [0.2, 0.25) is 0 Å². The molecule has 1 aromatic rings. The molecular formula is C17H26N2O. The van der Waals surface area contributed by atoms with E-state index in [-0.39, 0.29) is 0 Å². The second-order valence-electron chi connectivity index (χ2n) is 6.05. The van der Waals surface area contributed by atoms with Gasteiger partial charge in [-0.2, -0.15) is 0 Å². The highest BCUT2D eigenvalue weighted by Gasteiger charge is 2.39. The number of benzene rings is 1. The molecule has 0 spiro atoms. The molecule has 0 amide bonds. The Hall–Kier alpha value is -1.06. The molecule has 1 heterocycles. The van der Waals surface area contributed by atoms with Gasteiger partial charge in [-0.15, -0.1) is 0 Å². The minimum absolute atomic E-state index is 0.511. The number of ether oxygens (including phenoxy) is 1. The predicted octanol–water partition coefficient (Wildman–Crippen LogP) is 2.96. The summed E-state index contributed by atoms with van der Waals surface area (Å²) in [5, 5.41) is 0. The Morgan fingerprint density at radius 3 is 2.55 bits per heavy atom. The molecular weight excluding hydrogens is 248 g/mol. The molecule has 0 radical (unpaired) electrons. The number of hydrogen-bond donors (Lipinski definition) is 1. The van der Waals surface area contributed by atoms with Gasteiger partial charge in [-0.25, -0.2) is 0 Å². The van der Waals surface area contributed by atoms with Crippen molar-refractivity contribution in [2.75, 3.05) is 19.7 Å². The molecule has 20 heavy (non-hydrogen) atoms. The van der Waals surface area contributed by atoms with Crippen LogP contribution in [-0.2, 0) is 0 Å². The van der Waals surface area contributed by atoms with E-state index in [9.17, 15) is 0 Å². The molecule has 3 nitrogen and oxygen atoms in total. The fourth-order valence-corrected chi connectivity index (χ4v) is 3.56. The van der Waals surface area contributed by atoms with E-state index in [0.29, 0.717) is 12.0 Å². The largest absolute Gasteiger partial charge is 0.494 e. The van der Waals surface area contributed by atoms with Crippen LogP contribution in [0.25, 0.3) is 0 Å². The summed E-state index contributed by atoms with van der Waals surface area (Å²) in [6.45, 7) is 4.77. The molecule has 2 fully saturated rings. The van der Waals surface area contributed by atoms with Gasteiger partial charge in [0, 0.05) is 12.1 Å². The smallest absolute Gasteiger partial charge is 0.119 e. The molecule has 1 saturated carbocycles. The Balaban J connectivity index is 1.82. The van der Waals surface area contributed by atoms with Crippen LogP contribution in [0, 0.1) is 5.92 Å². The third kappa shape index (κ3) is 2.84. The quantitative estimate of drug-likeness (QED) is 0.897. The van der Waals surface area contributed by atoms with Crippen LogP contribution >= 0.6 is 0 Å². The Bertz CT molecular complexity index is 427. The molecule has 2 unspecified atom stereocenters. The first kappa shape index (κ1) is 13.9. The maximum Gasteiger partial charge on any atom is 0.119 e. The van der Waals surface area contributed by atoms with Crippen molar-refractivity contribution in [3.05, 3.63) is 29.8 Å². The minimum Gasteiger partial charge on any atom is -0.494 e. The van der Waals surface area contributed by atoms with E-state index in [1.165, 1.54) is 37.8 Å². The monoisotopic (exact) mass is 274 g/mol. The third-order valence-electron chi connectivity index (χ3n) is 4.65. The lowest BCUT2D eigenvalue weighted by Crippen LogP contribution is -2.42. The van der Waals surface area contributed by atoms with Gasteiger partial charge in [0.2, 0.25) is 0 Å². The fraction of sp³-hybridized carbons (Fsp3) is 0.647. The highest BCUT2D eigenvalue weighted by atomic mass is 16.5. The SMILES string of the molecule is CCOc1ccc(C2C(CN)CCCN2C2CC2)cc1. The zero-order chi connectivity index (χ0) is 13.9. The Labute approximate surface area is 122 Å². The van der Waals surface area contributed by atoms with Crippen LogP contribution < -0.4 is 10.5 Å². The molecule has 3 heteroatoms. The number of nitrogens with zero attached hydrogens (tertiary/aromatic N) is 1. The average molecular weight is 274 g/mol. The van der Waals surface area contributed by atoms with Crippen molar-refractivity contribution < 1.29 is 4.74 Å². The van der Waals surface area contributed by atoms with E-state index < -0.39 is 0 Å². The van der Waals surface area contributed by atoms with Gasteiger partial charge < -0.3 is 10.5 Å². The summed E-state index contributed by atoms with van der Waals surface area (Å²) in [5.41, 5.74) is 7.45. The fourth-order valence-electron chi connectivity index (χ4n) is 3.56. The second kappa shape index (κ2) is 6.15. The van der Waals surface area contributed by atoms with E-state index in [1.54, 1.807) is 0 Å². The maximum atomic E-state index is 6.04. The number of rotatable bonds is 5. The summed E-state index contributed by atoms with van der Waals surface area (Å²) in [7, 11) is 0. The van der Waals surface area contributed by atoms with Crippen LogP contribution in [-0.4, -0.2) is 30.6 Å². The second-order valence-corrected chi connectivity index (χ2v) is 6.05. The van der Waals surface area contributed by atoms with Gasteiger partial charge in [0.15, 0.2) is 0 Å². The lowest BCUT2D eigenvalue weighted by molar-refractivity contribution is 0.0879. The molecule has 1 aliphatic carbocycles. The van der Waals surface area contributed by atoms with E-state index in [1.807, 2.05) is 6.92 Å². The van der Waals surface area contributed by atoms with Crippen LogP contribution in [0.4, 0.5) is 0 Å². The zero-order valence-corrected chi connectivity index (χ0v) is 12.4. The molecule has 110 valence electrons. The first-order valence-corrected chi connectivity index (χ1v) is 8.02. The molecule has 2 aliphatic rings. The summed E-state index contributed by atoms with van der Waals surface area (Å²) in [6, 6.07) is 9.99. The third-order valence-corrected chi connectivity index (χ3v) is 4.65. The first-order chi connectivity index (χ1) is 9.83. The normalized spacial score (nSPS) is 27.5. The van der Waals surface area contributed by atoms with Crippen LogP contribution in [0.5, 0.6) is 5.75 Å². The van der Waals surface area contributed by atoms with Gasteiger partial charge in [-0.05, 0) is 69.3 Å².